The fourth-order valence-corrected chi connectivity index (χ4v) is 5.12. The Balaban J connectivity index is 1.98. The van der Waals surface area contributed by atoms with E-state index in [4.69, 9.17) is 15.3 Å². The minimum absolute atomic E-state index is 0.129. The number of thioether (sulfide) groups is 1. The number of urea groups is 1. The van der Waals surface area contributed by atoms with E-state index in [1.54, 1.807) is 49.9 Å². The van der Waals surface area contributed by atoms with Crippen LogP contribution in [0.4, 0.5) is 15.3 Å². The number of nitrogens with zero attached hydrogens (tertiary/aromatic N) is 2. The molecule has 0 saturated carbocycles. The van der Waals surface area contributed by atoms with Gasteiger partial charge in [0.05, 0.1) is 0 Å². The van der Waals surface area contributed by atoms with E-state index in [1.165, 1.54) is 0 Å². The second kappa shape index (κ2) is 19.9. The third-order valence-electron chi connectivity index (χ3n) is 6.87. The average molecular weight is 664 g/mol. The highest BCUT2D eigenvalue weighted by Crippen LogP contribution is 2.26. The van der Waals surface area contributed by atoms with E-state index in [0.29, 0.717) is 46.9 Å². The molecule has 0 fully saturated rings. The van der Waals surface area contributed by atoms with Gasteiger partial charge in [0.2, 0.25) is 23.6 Å². The molecule has 0 aliphatic heterocycles. The van der Waals surface area contributed by atoms with Crippen molar-refractivity contribution in [1.82, 2.24) is 26.1 Å². The number of carbonyl (C=O) groups is 5. The molecule has 0 radical (unpaired) electrons. The van der Waals surface area contributed by atoms with Crippen LogP contribution >= 0.6 is 11.8 Å². The molecule has 16 heteroatoms. The molecule has 0 spiro atoms. The number of primary amides is 1. The Labute approximate surface area is 272 Å². The third-order valence-corrected chi connectivity index (χ3v) is 8.24. The number of ether oxygens (including phenoxy) is 1. The van der Waals surface area contributed by atoms with Gasteiger partial charge in [-0.3, -0.25) is 14.4 Å². The molecule has 0 aliphatic rings. The molecule has 0 bridgehead atoms. The lowest BCUT2D eigenvalue weighted by atomic mass is 10.0. The summed E-state index contributed by atoms with van der Waals surface area (Å²) in [6, 6.07) is 3.72. The zero-order chi connectivity index (χ0) is 34.1. The third kappa shape index (κ3) is 14.2. The van der Waals surface area contributed by atoms with Crippen molar-refractivity contribution in [3.8, 4) is 0 Å². The van der Waals surface area contributed by atoms with E-state index in [-0.39, 0.29) is 37.8 Å². The quantitative estimate of drug-likeness (QED) is 0.0681. The predicted molar refractivity (Wildman–Crippen MR) is 171 cm³/mol. The van der Waals surface area contributed by atoms with Gasteiger partial charge in [-0.1, -0.05) is 51.6 Å². The lowest BCUT2D eigenvalue weighted by Crippen LogP contribution is -2.54. The number of anilines is 1. The molecular weight excluding hydrogens is 618 g/mol. The van der Waals surface area contributed by atoms with Gasteiger partial charge in [-0.25, -0.2) is 9.59 Å². The summed E-state index contributed by atoms with van der Waals surface area (Å²) >= 11 is 1.54. The predicted octanol–water partition coefficient (Wildman–Crippen LogP) is 3.58. The Morgan fingerprint density at radius 3 is 2.30 bits per heavy atom. The van der Waals surface area contributed by atoms with Crippen LogP contribution in [-0.2, 0) is 32.1 Å². The van der Waals surface area contributed by atoms with Crippen LogP contribution < -0.4 is 27.0 Å². The molecule has 0 aliphatic carbocycles. The lowest BCUT2D eigenvalue weighted by Gasteiger charge is -2.25. The highest BCUT2D eigenvalue weighted by Gasteiger charge is 2.29. The summed E-state index contributed by atoms with van der Waals surface area (Å²) in [6.07, 6.45) is 2.06. The van der Waals surface area contributed by atoms with E-state index in [0.717, 1.165) is 12.8 Å². The van der Waals surface area contributed by atoms with Gasteiger partial charge < -0.3 is 41.3 Å². The second-order valence-corrected chi connectivity index (χ2v) is 12.1. The molecule has 254 valence electrons. The highest BCUT2D eigenvalue weighted by atomic mass is 32.2. The fourth-order valence-electron chi connectivity index (χ4n) is 4.27. The summed E-state index contributed by atoms with van der Waals surface area (Å²) in [4.78, 5) is 61.0. The highest BCUT2D eigenvalue weighted by molar-refractivity contribution is 7.99. The molecule has 2 unspecified atom stereocenters. The first-order valence-electron chi connectivity index (χ1n) is 15.3. The Morgan fingerprint density at radius 2 is 1.70 bits per heavy atom. The molecule has 0 saturated heterocycles. The standard InChI is InChI=1S/C30H45N7O8S/c1-5-21(6-2)46-29-37-36-24(45-29)11-7-10-23(38)35-25(18(3)4)27(40)34-22(9-8-16-32-28(31)41)26(39)33-20-14-12-19(13-15-20)17-44-30(42)43/h12-15,18,21-22,25H,5-11,16-17H2,1-4H3,(H,33,39)(H,34,40)(H,35,38)(H,42,43)(H3,31,32,41). The molecule has 5 amide bonds. The van der Waals surface area contributed by atoms with Gasteiger partial charge in [-0.15, -0.1) is 10.2 Å². The number of carboxylic acid groups (broad SMARTS) is 1. The normalized spacial score (nSPS) is 12.3. The molecule has 2 atom stereocenters. The maximum atomic E-state index is 13.3. The van der Waals surface area contributed by atoms with Crippen LogP contribution in [0.1, 0.15) is 77.7 Å². The molecule has 15 nitrogen and oxygen atoms in total. The number of aryl methyl sites for hydroxylation is 1. The fraction of sp³-hybridized carbons (Fsp3) is 0.567. The Hall–Kier alpha value is -4.34. The van der Waals surface area contributed by atoms with E-state index < -0.39 is 36.1 Å². The van der Waals surface area contributed by atoms with E-state index >= 15 is 0 Å². The van der Waals surface area contributed by atoms with Crippen LogP contribution in [0.15, 0.2) is 33.9 Å². The number of hydrogen-bond acceptors (Lipinski definition) is 10. The summed E-state index contributed by atoms with van der Waals surface area (Å²) in [5.41, 5.74) is 6.12. The minimum Gasteiger partial charge on any atom is -0.450 e. The van der Waals surface area contributed by atoms with Gasteiger partial charge in [0.15, 0.2) is 0 Å². The number of rotatable bonds is 20. The largest absolute Gasteiger partial charge is 0.506 e. The van der Waals surface area contributed by atoms with Crippen molar-refractivity contribution in [3.63, 3.8) is 0 Å². The molecule has 1 aromatic carbocycles. The molecule has 2 rings (SSSR count). The van der Waals surface area contributed by atoms with Crippen molar-refractivity contribution >= 4 is 47.4 Å². The summed E-state index contributed by atoms with van der Waals surface area (Å²) in [5.74, 6) is -1.23. The Morgan fingerprint density at radius 1 is 1.00 bits per heavy atom. The number of benzene rings is 1. The molecular formula is C30H45N7O8S. The zero-order valence-corrected chi connectivity index (χ0v) is 27.5. The van der Waals surface area contributed by atoms with Gasteiger partial charge in [-0.05, 0) is 55.7 Å². The summed E-state index contributed by atoms with van der Waals surface area (Å²) in [6.45, 7) is 7.81. The van der Waals surface area contributed by atoms with Crippen LogP contribution in [0.25, 0.3) is 0 Å². The van der Waals surface area contributed by atoms with Crippen LogP contribution in [0.2, 0.25) is 0 Å². The maximum absolute atomic E-state index is 13.3. The van der Waals surface area contributed by atoms with Crippen LogP contribution in [0, 0.1) is 5.92 Å². The van der Waals surface area contributed by atoms with Crippen molar-refractivity contribution in [3.05, 3.63) is 35.7 Å². The molecule has 7 N–H and O–H groups in total. The number of nitrogens with one attached hydrogen (secondary N) is 4. The van der Waals surface area contributed by atoms with Crippen molar-refractivity contribution < 1.29 is 38.2 Å². The maximum Gasteiger partial charge on any atom is 0.506 e. The second-order valence-electron chi connectivity index (χ2n) is 10.9. The first kappa shape index (κ1) is 37.8. The SMILES string of the molecule is CCC(CC)Sc1nnc(CCCC(=O)NC(C(=O)NC(CCCNC(N)=O)C(=O)Nc2ccc(COC(=O)O)cc2)C(C)C)o1. The van der Waals surface area contributed by atoms with Crippen LogP contribution in [0.5, 0.6) is 0 Å². The molecule has 1 heterocycles. The van der Waals surface area contributed by atoms with Gasteiger partial charge in [0, 0.05) is 30.3 Å². The van der Waals surface area contributed by atoms with Crippen LogP contribution in [0.3, 0.4) is 0 Å². The number of hydrogen-bond donors (Lipinski definition) is 6. The summed E-state index contributed by atoms with van der Waals surface area (Å²) in [7, 11) is 0. The van der Waals surface area contributed by atoms with Crippen LogP contribution in [-0.4, -0.2) is 69.1 Å². The van der Waals surface area contributed by atoms with Crippen molar-refractivity contribution in [1.29, 1.82) is 0 Å². The lowest BCUT2D eigenvalue weighted by molar-refractivity contribution is -0.132. The minimum atomic E-state index is -1.40. The Kier molecular flexibility index (Phi) is 16.4. The number of carbonyl (C=O) groups excluding carboxylic acids is 4. The first-order chi connectivity index (χ1) is 21.9. The van der Waals surface area contributed by atoms with Gasteiger partial charge in [-0.2, -0.15) is 0 Å². The number of aromatic nitrogens is 2. The van der Waals surface area contributed by atoms with Crippen molar-refractivity contribution in [2.24, 2.45) is 11.7 Å². The first-order valence-corrected chi connectivity index (χ1v) is 16.2. The number of amides is 5. The van der Waals surface area contributed by atoms with Gasteiger partial charge in [0.1, 0.15) is 18.7 Å². The van der Waals surface area contributed by atoms with Crippen molar-refractivity contribution in [2.45, 2.75) is 102 Å². The zero-order valence-electron chi connectivity index (χ0n) is 26.7. The Bertz CT molecular complexity index is 1280. The van der Waals surface area contributed by atoms with Crippen molar-refractivity contribution in [2.75, 3.05) is 11.9 Å². The summed E-state index contributed by atoms with van der Waals surface area (Å²) < 4.78 is 10.2. The smallest absolute Gasteiger partial charge is 0.450 e. The molecule has 2 aromatic rings. The van der Waals surface area contributed by atoms with E-state index in [1.807, 2.05) is 0 Å². The molecule has 1 aromatic heterocycles. The summed E-state index contributed by atoms with van der Waals surface area (Å²) in [5, 5.41) is 28.4. The monoisotopic (exact) mass is 663 g/mol. The van der Waals surface area contributed by atoms with Gasteiger partial charge in [0.25, 0.3) is 5.22 Å². The number of nitrogens with two attached hydrogens (primary N) is 1. The van der Waals surface area contributed by atoms with E-state index in [2.05, 4.69) is 50.0 Å². The van der Waals surface area contributed by atoms with Gasteiger partial charge >= 0.3 is 12.2 Å². The van der Waals surface area contributed by atoms with E-state index in [9.17, 15) is 24.0 Å². The average Bonchev–Trinajstić information content (AvgIpc) is 3.46. The topological polar surface area (TPSA) is 228 Å². The molecule has 46 heavy (non-hydrogen) atoms.